The van der Waals surface area contributed by atoms with Gasteiger partial charge >= 0.3 is 0 Å². The molecule has 3 N–H and O–H groups in total. The number of nitrogens with zero attached hydrogens (tertiary/aromatic N) is 5. The maximum absolute atomic E-state index is 12.7. The normalized spacial score (nSPS) is 20.7. The van der Waals surface area contributed by atoms with E-state index in [1.54, 1.807) is 19.2 Å². The van der Waals surface area contributed by atoms with Crippen molar-refractivity contribution in [2.24, 2.45) is 0 Å². The number of anilines is 2. The number of carbonyl (C=O) groups excluding carboxylic acids is 1. The van der Waals surface area contributed by atoms with E-state index in [2.05, 4.69) is 50.4 Å². The van der Waals surface area contributed by atoms with E-state index in [1.807, 2.05) is 12.1 Å². The molecule has 9 nitrogen and oxygen atoms in total. The van der Waals surface area contributed by atoms with Crippen molar-refractivity contribution < 1.29 is 4.79 Å². The van der Waals surface area contributed by atoms with Gasteiger partial charge in [-0.15, -0.1) is 0 Å². The molecule has 178 valence electrons. The summed E-state index contributed by atoms with van der Waals surface area (Å²) in [4.78, 5) is 31.5. The van der Waals surface area contributed by atoms with Crippen molar-refractivity contribution in [2.75, 3.05) is 17.2 Å². The van der Waals surface area contributed by atoms with Gasteiger partial charge in [0.15, 0.2) is 0 Å². The second kappa shape index (κ2) is 10.6. The van der Waals surface area contributed by atoms with Crippen LogP contribution in [0.4, 0.5) is 11.6 Å². The van der Waals surface area contributed by atoms with E-state index in [9.17, 15) is 4.79 Å². The third-order valence-corrected chi connectivity index (χ3v) is 6.60. The van der Waals surface area contributed by atoms with Crippen molar-refractivity contribution in [3.8, 4) is 6.07 Å². The molecule has 4 rings (SSSR count). The number of pyridine rings is 2. The maximum atomic E-state index is 12.7. The van der Waals surface area contributed by atoms with Crippen LogP contribution in [-0.2, 0) is 0 Å². The monoisotopic (exact) mass is 460 g/mol. The third-order valence-electron chi connectivity index (χ3n) is 6.60. The molecule has 0 bridgehead atoms. The highest BCUT2D eigenvalue weighted by Gasteiger charge is 2.34. The molecule has 1 amide bonds. The summed E-state index contributed by atoms with van der Waals surface area (Å²) in [7, 11) is 0. The van der Waals surface area contributed by atoms with Gasteiger partial charge in [0, 0.05) is 48.7 Å². The van der Waals surface area contributed by atoms with Crippen LogP contribution in [0.3, 0.4) is 0 Å². The number of likely N-dealkylation sites (tertiary alicyclic amines) is 1. The lowest BCUT2D eigenvalue weighted by molar-refractivity contribution is 0.0735. The summed E-state index contributed by atoms with van der Waals surface area (Å²) in [6, 6.07) is 9.05. The van der Waals surface area contributed by atoms with Gasteiger partial charge in [-0.1, -0.05) is 13.8 Å². The van der Waals surface area contributed by atoms with Gasteiger partial charge < -0.3 is 15.6 Å². The Morgan fingerprint density at radius 1 is 1.26 bits per heavy atom. The average molecular weight is 461 g/mol. The predicted molar refractivity (Wildman–Crippen MR) is 133 cm³/mol. The van der Waals surface area contributed by atoms with Crippen LogP contribution in [0.25, 0.3) is 10.9 Å². The number of hydrogen-bond donors (Lipinski definition) is 3. The second-order valence-corrected chi connectivity index (χ2v) is 8.85. The molecule has 0 radical (unpaired) electrons. The minimum Gasteiger partial charge on any atom is -0.367 e. The zero-order valence-corrected chi connectivity index (χ0v) is 20.0. The highest BCUT2D eigenvalue weighted by atomic mass is 16.2. The number of nitriles is 1. The van der Waals surface area contributed by atoms with Crippen molar-refractivity contribution in [3.63, 3.8) is 0 Å². The fraction of sp³-hybridized carbons (Fsp3) is 0.480. The Morgan fingerprint density at radius 3 is 2.68 bits per heavy atom. The second-order valence-electron chi connectivity index (χ2n) is 8.85. The topological polar surface area (TPSA) is 123 Å². The summed E-state index contributed by atoms with van der Waals surface area (Å²) >= 11 is 0. The van der Waals surface area contributed by atoms with Crippen LogP contribution < -0.4 is 10.6 Å². The Labute approximate surface area is 200 Å². The van der Waals surface area contributed by atoms with Gasteiger partial charge in [0.25, 0.3) is 5.91 Å². The lowest BCUT2D eigenvalue weighted by Gasteiger charge is -2.45. The van der Waals surface area contributed by atoms with E-state index in [1.165, 1.54) is 6.20 Å². The van der Waals surface area contributed by atoms with E-state index in [-0.39, 0.29) is 11.9 Å². The van der Waals surface area contributed by atoms with Gasteiger partial charge in [0.05, 0.1) is 17.8 Å². The lowest BCUT2D eigenvalue weighted by atomic mass is 9.88. The summed E-state index contributed by atoms with van der Waals surface area (Å²) in [5.41, 5.74) is 1.15. The first-order chi connectivity index (χ1) is 16.5. The first-order valence-corrected chi connectivity index (χ1v) is 12.0. The molecule has 0 spiro atoms. The number of rotatable bonds is 8. The molecular formula is C25H32N8O. The van der Waals surface area contributed by atoms with Crippen molar-refractivity contribution >= 4 is 28.4 Å². The largest absolute Gasteiger partial charge is 0.367 e. The Morgan fingerprint density at radius 2 is 2.03 bits per heavy atom. The molecule has 34 heavy (non-hydrogen) atoms. The molecule has 1 aliphatic rings. The molecule has 1 fully saturated rings. The number of amides is 1. The zero-order chi connectivity index (χ0) is 24.1. The SMILES string of the molecule is CCC1CC(Nc2nc(NC(=O)c3cnc(C)[nH]3)cc3ncccc23)CC(CC)N1CCC#N. The highest BCUT2D eigenvalue weighted by molar-refractivity contribution is 6.03. The molecular weight excluding hydrogens is 428 g/mol. The van der Waals surface area contributed by atoms with Crippen LogP contribution >= 0.6 is 0 Å². The number of carbonyl (C=O) groups is 1. The number of fused-ring (bicyclic) bond motifs is 1. The van der Waals surface area contributed by atoms with Gasteiger partial charge in [-0.25, -0.2) is 9.97 Å². The fourth-order valence-electron chi connectivity index (χ4n) is 4.95. The van der Waals surface area contributed by atoms with Crippen LogP contribution in [0.5, 0.6) is 0 Å². The Balaban J connectivity index is 1.58. The number of H-pyrrole nitrogens is 1. The molecule has 0 saturated carbocycles. The average Bonchev–Trinajstić information content (AvgIpc) is 3.29. The molecule has 2 unspecified atom stereocenters. The molecule has 9 heteroatoms. The van der Waals surface area contributed by atoms with Gasteiger partial charge in [0.2, 0.25) is 0 Å². The van der Waals surface area contributed by atoms with E-state index in [0.29, 0.717) is 35.8 Å². The minimum absolute atomic E-state index is 0.241. The zero-order valence-electron chi connectivity index (χ0n) is 20.0. The lowest BCUT2D eigenvalue weighted by Crippen LogP contribution is -2.52. The van der Waals surface area contributed by atoms with Crippen LogP contribution in [-0.4, -0.2) is 55.4 Å². The summed E-state index contributed by atoms with van der Waals surface area (Å²) in [5.74, 6) is 1.55. The Kier molecular flexibility index (Phi) is 7.38. The number of nitrogens with one attached hydrogen (secondary N) is 3. The van der Waals surface area contributed by atoms with Gasteiger partial charge in [-0.3, -0.25) is 14.7 Å². The number of hydrogen-bond acceptors (Lipinski definition) is 7. The molecule has 0 aromatic carbocycles. The van der Waals surface area contributed by atoms with Crippen LogP contribution in [0, 0.1) is 18.3 Å². The minimum atomic E-state index is -0.294. The highest BCUT2D eigenvalue weighted by Crippen LogP contribution is 2.31. The van der Waals surface area contributed by atoms with Crippen LogP contribution in [0.15, 0.2) is 30.6 Å². The summed E-state index contributed by atoms with van der Waals surface area (Å²) in [6.45, 7) is 7.05. The Hall–Kier alpha value is -3.51. The molecule has 1 saturated heterocycles. The van der Waals surface area contributed by atoms with Gasteiger partial charge in [-0.2, -0.15) is 5.26 Å². The van der Waals surface area contributed by atoms with Crippen molar-refractivity contribution in [1.29, 1.82) is 5.26 Å². The maximum Gasteiger partial charge on any atom is 0.274 e. The number of aromatic amines is 1. The molecule has 3 aromatic rings. The van der Waals surface area contributed by atoms with Crippen molar-refractivity contribution in [2.45, 2.75) is 71.0 Å². The third kappa shape index (κ3) is 5.18. The number of aromatic nitrogens is 4. The van der Waals surface area contributed by atoms with E-state index in [4.69, 9.17) is 10.2 Å². The first-order valence-electron chi connectivity index (χ1n) is 12.0. The van der Waals surface area contributed by atoms with Crippen LogP contribution in [0.1, 0.15) is 62.3 Å². The Bertz CT molecular complexity index is 1170. The van der Waals surface area contributed by atoms with Crippen molar-refractivity contribution in [1.82, 2.24) is 24.8 Å². The first kappa shape index (κ1) is 23.6. The molecule has 2 atom stereocenters. The fourth-order valence-corrected chi connectivity index (χ4v) is 4.95. The molecule has 4 heterocycles. The van der Waals surface area contributed by atoms with E-state index >= 15 is 0 Å². The quantitative estimate of drug-likeness (QED) is 0.459. The number of imidazole rings is 1. The standard InChI is InChI=1S/C25H32N8O/c1-4-18-12-17(13-19(5-2)33(18)11-7-9-26)30-24-20-8-6-10-27-21(20)14-23(31-24)32-25(34)22-15-28-16(3)29-22/h6,8,10,14-15,17-19H,4-5,7,11-13H2,1-3H3,(H,28,29)(H2,30,31,32,34). The number of aryl methyl sites for hydroxylation is 1. The molecule has 1 aliphatic heterocycles. The summed E-state index contributed by atoms with van der Waals surface area (Å²) in [5, 5.41) is 16.6. The molecule has 0 aliphatic carbocycles. The summed E-state index contributed by atoms with van der Waals surface area (Å²) < 4.78 is 0. The predicted octanol–water partition coefficient (Wildman–Crippen LogP) is 4.26. The van der Waals surface area contributed by atoms with Crippen molar-refractivity contribution in [3.05, 3.63) is 42.1 Å². The van der Waals surface area contributed by atoms with Gasteiger partial charge in [-0.05, 0) is 44.7 Å². The van der Waals surface area contributed by atoms with E-state index < -0.39 is 0 Å². The van der Waals surface area contributed by atoms with E-state index in [0.717, 1.165) is 48.9 Å². The number of piperidine rings is 1. The smallest absolute Gasteiger partial charge is 0.274 e. The van der Waals surface area contributed by atoms with Crippen LogP contribution in [0.2, 0.25) is 0 Å². The summed E-state index contributed by atoms with van der Waals surface area (Å²) in [6.07, 6.45) is 7.84. The van der Waals surface area contributed by atoms with Gasteiger partial charge in [0.1, 0.15) is 23.2 Å². The molecule has 3 aromatic heterocycles.